The molecule has 0 aliphatic carbocycles. The number of benzene rings is 2. The highest BCUT2D eigenvalue weighted by atomic mass is 35.5. The SMILES string of the molecule is O=C(C(Cc1ccccc1)n1cnnn1)N1CCN(S(=O)(=O)c2cccc(Cl)c2)CC1. The maximum Gasteiger partial charge on any atom is 0.248 e. The van der Waals surface area contributed by atoms with Crippen LogP contribution in [-0.4, -0.2) is 69.9 Å². The van der Waals surface area contributed by atoms with Crippen LogP contribution in [0.15, 0.2) is 65.8 Å². The van der Waals surface area contributed by atoms with Gasteiger partial charge in [0.15, 0.2) is 0 Å². The average Bonchev–Trinajstić information content (AvgIpc) is 3.32. The van der Waals surface area contributed by atoms with Crippen LogP contribution < -0.4 is 0 Å². The Hall–Kier alpha value is -2.82. The van der Waals surface area contributed by atoms with Crippen molar-refractivity contribution in [2.24, 2.45) is 0 Å². The lowest BCUT2D eigenvalue weighted by molar-refractivity contribution is -0.136. The van der Waals surface area contributed by atoms with Crippen LogP contribution in [0.3, 0.4) is 0 Å². The van der Waals surface area contributed by atoms with Crippen LogP contribution in [0.4, 0.5) is 0 Å². The molecule has 1 unspecified atom stereocenters. The maximum atomic E-state index is 13.3. The standard InChI is InChI=1S/C20H21ClN6O3S/c21-17-7-4-8-18(14-17)31(29,30)26-11-9-25(10-12-26)20(28)19(27-15-22-23-24-27)13-16-5-2-1-3-6-16/h1-8,14-15,19H,9-13H2. The molecule has 11 heteroatoms. The summed E-state index contributed by atoms with van der Waals surface area (Å²) in [6.45, 7) is 0.973. The van der Waals surface area contributed by atoms with E-state index in [0.29, 0.717) is 11.4 Å². The Kier molecular flexibility index (Phi) is 6.30. The van der Waals surface area contributed by atoms with Gasteiger partial charge >= 0.3 is 0 Å². The van der Waals surface area contributed by atoms with Gasteiger partial charge in [-0.15, -0.1) is 5.10 Å². The van der Waals surface area contributed by atoms with Gasteiger partial charge in [-0.3, -0.25) is 4.79 Å². The molecule has 1 aromatic heterocycles. The van der Waals surface area contributed by atoms with Crippen LogP contribution in [0.2, 0.25) is 5.02 Å². The molecule has 9 nitrogen and oxygen atoms in total. The van der Waals surface area contributed by atoms with Crippen LogP contribution in [-0.2, 0) is 21.2 Å². The van der Waals surface area contributed by atoms with E-state index in [0.717, 1.165) is 5.56 Å². The van der Waals surface area contributed by atoms with Gasteiger partial charge in [0.2, 0.25) is 15.9 Å². The van der Waals surface area contributed by atoms with Crippen molar-refractivity contribution in [1.82, 2.24) is 29.4 Å². The highest BCUT2D eigenvalue weighted by molar-refractivity contribution is 7.89. The fourth-order valence-electron chi connectivity index (χ4n) is 3.58. The van der Waals surface area contributed by atoms with Gasteiger partial charge in [0.05, 0.1) is 4.90 Å². The molecule has 4 rings (SSSR count). The number of carbonyl (C=O) groups is 1. The molecule has 162 valence electrons. The third-order valence-corrected chi connectivity index (χ3v) is 7.36. The van der Waals surface area contributed by atoms with Crippen molar-refractivity contribution in [3.63, 3.8) is 0 Å². The Labute approximate surface area is 185 Å². The van der Waals surface area contributed by atoms with E-state index in [1.165, 1.54) is 27.4 Å². The van der Waals surface area contributed by atoms with Gasteiger partial charge in [-0.05, 0) is 34.2 Å². The molecule has 3 aromatic rings. The Morgan fingerprint density at radius 1 is 1.03 bits per heavy atom. The number of hydrogen-bond donors (Lipinski definition) is 0. The molecule has 0 saturated carbocycles. The molecule has 0 bridgehead atoms. The second-order valence-electron chi connectivity index (χ2n) is 7.18. The first kappa shape index (κ1) is 21.4. The molecular formula is C20H21ClN6O3S. The summed E-state index contributed by atoms with van der Waals surface area (Å²) < 4.78 is 28.7. The van der Waals surface area contributed by atoms with E-state index in [2.05, 4.69) is 15.5 Å². The topological polar surface area (TPSA) is 101 Å². The minimum atomic E-state index is -3.67. The molecule has 31 heavy (non-hydrogen) atoms. The Morgan fingerprint density at radius 2 is 1.77 bits per heavy atom. The average molecular weight is 461 g/mol. The molecule has 1 fully saturated rings. The number of rotatable bonds is 6. The molecule has 1 atom stereocenters. The first-order valence-corrected chi connectivity index (χ1v) is 11.6. The summed E-state index contributed by atoms with van der Waals surface area (Å²) in [5.41, 5.74) is 0.985. The molecule has 2 heterocycles. The van der Waals surface area contributed by atoms with Crippen molar-refractivity contribution in [3.05, 3.63) is 71.5 Å². The number of tetrazole rings is 1. The lowest BCUT2D eigenvalue weighted by atomic mass is 10.0. The zero-order valence-electron chi connectivity index (χ0n) is 16.6. The number of carbonyl (C=O) groups excluding carboxylic acids is 1. The fraction of sp³-hybridized carbons (Fsp3) is 0.300. The number of piperazine rings is 1. The Balaban J connectivity index is 1.47. The van der Waals surface area contributed by atoms with Crippen LogP contribution in [0.5, 0.6) is 0 Å². The van der Waals surface area contributed by atoms with Gasteiger partial charge < -0.3 is 4.90 Å². The van der Waals surface area contributed by atoms with Gasteiger partial charge in [-0.1, -0.05) is 48.0 Å². The number of sulfonamides is 1. The van der Waals surface area contributed by atoms with E-state index in [1.807, 2.05) is 30.3 Å². The fourth-order valence-corrected chi connectivity index (χ4v) is 5.30. The van der Waals surface area contributed by atoms with E-state index >= 15 is 0 Å². The van der Waals surface area contributed by atoms with Crippen molar-refractivity contribution in [3.8, 4) is 0 Å². The summed E-state index contributed by atoms with van der Waals surface area (Å²) in [5.74, 6) is -0.143. The summed E-state index contributed by atoms with van der Waals surface area (Å²) >= 11 is 5.95. The summed E-state index contributed by atoms with van der Waals surface area (Å²) in [6, 6.07) is 15.2. The zero-order chi connectivity index (χ0) is 21.8. The predicted molar refractivity (Wildman–Crippen MR) is 114 cm³/mol. The lowest BCUT2D eigenvalue weighted by Crippen LogP contribution is -2.52. The molecule has 1 aliphatic heterocycles. The number of nitrogens with zero attached hydrogens (tertiary/aromatic N) is 6. The van der Waals surface area contributed by atoms with Crippen molar-refractivity contribution in [2.75, 3.05) is 26.2 Å². The largest absolute Gasteiger partial charge is 0.338 e. The molecule has 0 N–H and O–H groups in total. The van der Waals surface area contributed by atoms with Crippen LogP contribution in [0.1, 0.15) is 11.6 Å². The van der Waals surface area contributed by atoms with E-state index in [9.17, 15) is 13.2 Å². The van der Waals surface area contributed by atoms with Gasteiger partial charge in [0, 0.05) is 37.6 Å². The Morgan fingerprint density at radius 3 is 2.42 bits per heavy atom. The van der Waals surface area contributed by atoms with E-state index < -0.39 is 16.1 Å². The molecule has 0 radical (unpaired) electrons. The van der Waals surface area contributed by atoms with Gasteiger partial charge in [-0.2, -0.15) is 4.31 Å². The summed E-state index contributed by atoms with van der Waals surface area (Å²) in [4.78, 5) is 15.1. The first-order valence-electron chi connectivity index (χ1n) is 9.76. The first-order chi connectivity index (χ1) is 14.9. The van der Waals surface area contributed by atoms with Gasteiger partial charge in [0.25, 0.3) is 0 Å². The monoisotopic (exact) mass is 460 g/mol. The summed E-state index contributed by atoms with van der Waals surface area (Å²) in [5, 5.41) is 11.6. The van der Waals surface area contributed by atoms with Crippen LogP contribution in [0.25, 0.3) is 0 Å². The minimum Gasteiger partial charge on any atom is -0.338 e. The third kappa shape index (κ3) is 4.76. The number of halogens is 1. The predicted octanol–water partition coefficient (Wildman–Crippen LogP) is 1.64. The highest BCUT2D eigenvalue weighted by Crippen LogP contribution is 2.22. The highest BCUT2D eigenvalue weighted by Gasteiger charge is 2.33. The van der Waals surface area contributed by atoms with E-state index in [4.69, 9.17) is 11.6 Å². The normalized spacial score (nSPS) is 16.2. The van der Waals surface area contributed by atoms with E-state index in [-0.39, 0.29) is 37.0 Å². The maximum absolute atomic E-state index is 13.3. The van der Waals surface area contributed by atoms with Crippen LogP contribution in [0, 0.1) is 0 Å². The number of amides is 1. The smallest absolute Gasteiger partial charge is 0.248 e. The second-order valence-corrected chi connectivity index (χ2v) is 9.56. The number of hydrogen-bond acceptors (Lipinski definition) is 6. The van der Waals surface area contributed by atoms with Crippen molar-refractivity contribution < 1.29 is 13.2 Å². The molecule has 1 amide bonds. The van der Waals surface area contributed by atoms with E-state index in [1.54, 1.807) is 17.0 Å². The molecular weight excluding hydrogens is 440 g/mol. The van der Waals surface area contributed by atoms with Gasteiger partial charge in [-0.25, -0.2) is 13.1 Å². The summed E-state index contributed by atoms with van der Waals surface area (Å²) in [7, 11) is -3.67. The molecule has 1 saturated heterocycles. The molecule has 2 aromatic carbocycles. The Bertz CT molecular complexity index is 1130. The quantitative estimate of drug-likeness (QED) is 0.554. The second kappa shape index (κ2) is 9.13. The van der Waals surface area contributed by atoms with Crippen molar-refractivity contribution in [1.29, 1.82) is 0 Å². The minimum absolute atomic E-state index is 0.143. The van der Waals surface area contributed by atoms with Crippen molar-refractivity contribution in [2.45, 2.75) is 17.4 Å². The molecule has 0 spiro atoms. The lowest BCUT2D eigenvalue weighted by Gasteiger charge is -2.35. The van der Waals surface area contributed by atoms with Crippen LogP contribution >= 0.6 is 11.6 Å². The van der Waals surface area contributed by atoms with Gasteiger partial charge in [0.1, 0.15) is 12.4 Å². The van der Waals surface area contributed by atoms with Crippen molar-refractivity contribution >= 4 is 27.5 Å². The third-order valence-electron chi connectivity index (χ3n) is 5.23. The zero-order valence-corrected chi connectivity index (χ0v) is 18.2. The number of aromatic nitrogens is 4. The molecule has 1 aliphatic rings. The summed E-state index contributed by atoms with van der Waals surface area (Å²) in [6.07, 6.45) is 1.86.